The standard InChI is InChI=1S/C13H18O7S/c1-8-3-5-9(6-4-8)21(16,17)19-7-10-11(14)12(15)13(18-2)20-10/h3-6,10-15H,7H2,1-2H3/t10-,11-,12-,13?/m1/s1. The summed E-state index contributed by atoms with van der Waals surface area (Å²) in [5.41, 5.74) is 0.926. The number of aliphatic hydroxyl groups excluding tert-OH is 2. The Morgan fingerprint density at radius 3 is 2.33 bits per heavy atom. The first-order valence-electron chi connectivity index (χ1n) is 6.35. The maximum atomic E-state index is 12.0. The van der Waals surface area contributed by atoms with Gasteiger partial charge in [0.05, 0.1) is 11.5 Å². The molecule has 1 aromatic carbocycles. The van der Waals surface area contributed by atoms with Crippen molar-refractivity contribution in [3.63, 3.8) is 0 Å². The lowest BCUT2D eigenvalue weighted by Gasteiger charge is -2.14. The summed E-state index contributed by atoms with van der Waals surface area (Å²) < 4.78 is 38.8. The van der Waals surface area contributed by atoms with Crippen molar-refractivity contribution in [2.75, 3.05) is 13.7 Å². The molecule has 0 aromatic heterocycles. The minimum Gasteiger partial charge on any atom is -0.387 e. The zero-order valence-electron chi connectivity index (χ0n) is 11.7. The van der Waals surface area contributed by atoms with Gasteiger partial charge in [-0.1, -0.05) is 17.7 Å². The van der Waals surface area contributed by atoms with Crippen LogP contribution >= 0.6 is 0 Å². The highest BCUT2D eigenvalue weighted by atomic mass is 32.2. The first kappa shape index (κ1) is 16.3. The van der Waals surface area contributed by atoms with Crippen molar-refractivity contribution in [2.45, 2.75) is 36.4 Å². The smallest absolute Gasteiger partial charge is 0.297 e. The molecule has 7 nitrogen and oxygen atoms in total. The van der Waals surface area contributed by atoms with Crippen LogP contribution in [0.1, 0.15) is 5.56 Å². The number of aliphatic hydroxyl groups is 2. The van der Waals surface area contributed by atoms with Gasteiger partial charge in [0, 0.05) is 7.11 Å². The van der Waals surface area contributed by atoms with E-state index in [1.807, 2.05) is 6.92 Å². The van der Waals surface area contributed by atoms with Crippen LogP contribution in [0.25, 0.3) is 0 Å². The van der Waals surface area contributed by atoms with Gasteiger partial charge in [-0.25, -0.2) is 0 Å². The second-order valence-electron chi connectivity index (χ2n) is 4.81. The molecule has 4 atom stereocenters. The molecule has 1 saturated heterocycles. The van der Waals surface area contributed by atoms with Crippen LogP contribution in [0.2, 0.25) is 0 Å². The maximum absolute atomic E-state index is 12.0. The monoisotopic (exact) mass is 318 g/mol. The highest BCUT2D eigenvalue weighted by Gasteiger charge is 2.43. The molecule has 21 heavy (non-hydrogen) atoms. The Labute approximate surface area is 123 Å². The van der Waals surface area contributed by atoms with Gasteiger partial charge in [-0.3, -0.25) is 4.18 Å². The lowest BCUT2D eigenvalue weighted by atomic mass is 10.1. The van der Waals surface area contributed by atoms with E-state index in [1.54, 1.807) is 12.1 Å². The predicted octanol–water partition coefficient (Wildman–Crippen LogP) is -0.207. The molecule has 0 spiro atoms. The molecule has 0 saturated carbocycles. The Hall–Kier alpha value is -1.03. The van der Waals surface area contributed by atoms with Crippen LogP contribution < -0.4 is 0 Å². The fourth-order valence-electron chi connectivity index (χ4n) is 1.98. The van der Waals surface area contributed by atoms with Crippen LogP contribution in [-0.2, 0) is 23.8 Å². The third-order valence-electron chi connectivity index (χ3n) is 3.25. The van der Waals surface area contributed by atoms with Crippen molar-refractivity contribution in [3.05, 3.63) is 29.8 Å². The topological polar surface area (TPSA) is 102 Å². The van der Waals surface area contributed by atoms with E-state index >= 15 is 0 Å². The molecule has 2 N–H and O–H groups in total. The largest absolute Gasteiger partial charge is 0.387 e. The fourth-order valence-corrected chi connectivity index (χ4v) is 2.90. The van der Waals surface area contributed by atoms with E-state index in [0.29, 0.717) is 0 Å². The van der Waals surface area contributed by atoms with Crippen molar-refractivity contribution in [2.24, 2.45) is 0 Å². The Morgan fingerprint density at radius 1 is 1.19 bits per heavy atom. The van der Waals surface area contributed by atoms with Crippen LogP contribution in [-0.4, -0.2) is 56.9 Å². The summed E-state index contributed by atoms with van der Waals surface area (Å²) in [6.45, 7) is 1.43. The van der Waals surface area contributed by atoms with E-state index in [9.17, 15) is 18.6 Å². The molecule has 8 heteroatoms. The Balaban J connectivity index is 2.01. The summed E-state index contributed by atoms with van der Waals surface area (Å²) >= 11 is 0. The number of methoxy groups -OCH3 is 1. The number of benzene rings is 1. The lowest BCUT2D eigenvalue weighted by Crippen LogP contribution is -2.35. The molecule has 0 amide bonds. The van der Waals surface area contributed by atoms with Crippen molar-refractivity contribution in [1.82, 2.24) is 0 Å². The summed E-state index contributed by atoms with van der Waals surface area (Å²) in [5, 5.41) is 19.3. The van der Waals surface area contributed by atoms with Crippen LogP contribution in [0.15, 0.2) is 29.2 Å². The molecule has 1 aliphatic heterocycles. The summed E-state index contributed by atoms with van der Waals surface area (Å²) in [7, 11) is -2.63. The molecular formula is C13H18O7S. The van der Waals surface area contributed by atoms with Gasteiger partial charge in [0.15, 0.2) is 6.29 Å². The molecule has 0 bridgehead atoms. The van der Waals surface area contributed by atoms with Crippen molar-refractivity contribution in [1.29, 1.82) is 0 Å². The molecule has 1 unspecified atom stereocenters. The molecule has 1 aliphatic rings. The normalized spacial score (nSPS) is 29.7. The second-order valence-corrected chi connectivity index (χ2v) is 6.43. The van der Waals surface area contributed by atoms with Gasteiger partial charge in [0.1, 0.15) is 18.3 Å². The third kappa shape index (κ3) is 3.60. The van der Waals surface area contributed by atoms with Gasteiger partial charge in [0.25, 0.3) is 10.1 Å². The van der Waals surface area contributed by atoms with E-state index < -0.39 is 41.3 Å². The minimum absolute atomic E-state index is 0.0180. The van der Waals surface area contributed by atoms with Gasteiger partial charge in [-0.05, 0) is 19.1 Å². The zero-order valence-corrected chi connectivity index (χ0v) is 12.5. The van der Waals surface area contributed by atoms with E-state index in [1.165, 1.54) is 19.2 Å². The quantitative estimate of drug-likeness (QED) is 0.724. The maximum Gasteiger partial charge on any atom is 0.297 e. The van der Waals surface area contributed by atoms with Gasteiger partial charge < -0.3 is 19.7 Å². The van der Waals surface area contributed by atoms with E-state index in [-0.39, 0.29) is 4.90 Å². The lowest BCUT2D eigenvalue weighted by molar-refractivity contribution is -0.151. The SMILES string of the molecule is COC1O[C@H](COS(=O)(=O)c2ccc(C)cc2)[C@@H](O)[C@H]1O. The second kappa shape index (κ2) is 6.39. The molecule has 2 rings (SSSR count). The molecule has 0 aliphatic carbocycles. The summed E-state index contributed by atoms with van der Waals surface area (Å²) in [5.74, 6) is 0. The van der Waals surface area contributed by atoms with Crippen LogP contribution in [0.3, 0.4) is 0 Å². The van der Waals surface area contributed by atoms with E-state index in [2.05, 4.69) is 0 Å². The zero-order chi connectivity index (χ0) is 15.6. The third-order valence-corrected chi connectivity index (χ3v) is 4.54. The van der Waals surface area contributed by atoms with Gasteiger partial charge in [-0.15, -0.1) is 0 Å². The molecular weight excluding hydrogens is 300 g/mol. The van der Waals surface area contributed by atoms with Crippen molar-refractivity contribution < 1.29 is 32.3 Å². The highest BCUT2D eigenvalue weighted by Crippen LogP contribution is 2.23. The van der Waals surface area contributed by atoms with E-state index in [0.717, 1.165) is 5.56 Å². The number of hydrogen-bond acceptors (Lipinski definition) is 7. The summed E-state index contributed by atoms with van der Waals surface area (Å²) in [6.07, 6.45) is -4.50. The molecule has 118 valence electrons. The average molecular weight is 318 g/mol. The molecule has 0 radical (unpaired) electrons. The van der Waals surface area contributed by atoms with Crippen LogP contribution in [0.4, 0.5) is 0 Å². The van der Waals surface area contributed by atoms with Crippen LogP contribution in [0.5, 0.6) is 0 Å². The first-order chi connectivity index (χ1) is 9.85. The number of aryl methyl sites for hydroxylation is 1. The number of hydrogen-bond donors (Lipinski definition) is 2. The Morgan fingerprint density at radius 2 is 1.81 bits per heavy atom. The predicted molar refractivity (Wildman–Crippen MR) is 72.0 cm³/mol. The van der Waals surface area contributed by atoms with Gasteiger partial charge >= 0.3 is 0 Å². The Bertz CT molecular complexity index is 569. The minimum atomic E-state index is -3.94. The number of rotatable bonds is 5. The summed E-state index contributed by atoms with van der Waals surface area (Å²) in [6, 6.07) is 6.18. The molecule has 1 aromatic rings. The average Bonchev–Trinajstić information content (AvgIpc) is 2.73. The van der Waals surface area contributed by atoms with Crippen molar-refractivity contribution in [3.8, 4) is 0 Å². The van der Waals surface area contributed by atoms with Gasteiger partial charge in [-0.2, -0.15) is 8.42 Å². The van der Waals surface area contributed by atoms with E-state index in [4.69, 9.17) is 13.7 Å². The summed E-state index contributed by atoms with van der Waals surface area (Å²) in [4.78, 5) is 0.0180. The number of ether oxygens (including phenoxy) is 2. The molecule has 1 heterocycles. The van der Waals surface area contributed by atoms with Crippen molar-refractivity contribution >= 4 is 10.1 Å². The highest BCUT2D eigenvalue weighted by molar-refractivity contribution is 7.86. The Kier molecular flexibility index (Phi) is 4.97. The fraction of sp³-hybridized carbons (Fsp3) is 0.538. The van der Waals surface area contributed by atoms with Crippen LogP contribution in [0, 0.1) is 6.92 Å². The first-order valence-corrected chi connectivity index (χ1v) is 7.76. The van der Waals surface area contributed by atoms with Gasteiger partial charge in [0.2, 0.25) is 0 Å². The molecule has 1 fully saturated rings.